The molecule has 0 aromatic carbocycles. The van der Waals surface area contributed by atoms with E-state index in [1.807, 2.05) is 0 Å². The van der Waals surface area contributed by atoms with Crippen LogP contribution in [0.4, 0.5) is 0 Å². The van der Waals surface area contributed by atoms with Gasteiger partial charge in [-0.25, -0.2) is 0 Å². The lowest BCUT2D eigenvalue weighted by Crippen LogP contribution is -2.43. The van der Waals surface area contributed by atoms with Crippen LogP contribution in [0.3, 0.4) is 0 Å². The summed E-state index contributed by atoms with van der Waals surface area (Å²) in [5.41, 5.74) is -1.51. The average Bonchev–Trinajstić information content (AvgIpc) is 2.39. The van der Waals surface area contributed by atoms with Crippen LogP contribution in [0, 0.1) is 17.3 Å². The van der Waals surface area contributed by atoms with Gasteiger partial charge in [-0.1, -0.05) is 32.1 Å². The summed E-state index contributed by atoms with van der Waals surface area (Å²) >= 11 is 0. The van der Waals surface area contributed by atoms with Gasteiger partial charge in [-0.15, -0.1) is 0 Å². The van der Waals surface area contributed by atoms with Gasteiger partial charge in [-0.3, -0.25) is 9.59 Å². The van der Waals surface area contributed by atoms with Crippen molar-refractivity contribution in [2.75, 3.05) is 0 Å². The zero-order chi connectivity index (χ0) is 13.2. The van der Waals surface area contributed by atoms with Crippen LogP contribution < -0.4 is 0 Å². The predicted octanol–water partition coefficient (Wildman–Crippen LogP) is 2.91. The molecule has 0 amide bonds. The molecule has 0 atom stereocenters. The molecule has 2 aliphatic carbocycles. The van der Waals surface area contributed by atoms with Crippen LogP contribution in [0.2, 0.25) is 0 Å². The molecule has 0 heterocycles. The third-order valence-corrected chi connectivity index (χ3v) is 5.02. The standard InChI is InChI=1S/C14H22O4/c15-12(16)14(13(17)18)8-6-11(7-9-14)10-4-2-1-3-5-10/h10-11H,1-9H2,(H,15,16)(H,17,18). The van der Waals surface area contributed by atoms with Crippen molar-refractivity contribution < 1.29 is 19.8 Å². The largest absolute Gasteiger partial charge is 0.480 e. The molecule has 0 aromatic rings. The second-order valence-corrected chi connectivity index (χ2v) is 5.93. The molecule has 0 aromatic heterocycles. The fourth-order valence-corrected chi connectivity index (χ4v) is 3.73. The second kappa shape index (κ2) is 5.29. The Labute approximate surface area is 107 Å². The molecule has 0 bridgehead atoms. The van der Waals surface area contributed by atoms with E-state index < -0.39 is 17.4 Å². The normalized spacial score (nSPS) is 25.8. The van der Waals surface area contributed by atoms with Crippen molar-refractivity contribution in [3.63, 3.8) is 0 Å². The number of carboxylic acid groups (broad SMARTS) is 2. The van der Waals surface area contributed by atoms with E-state index in [2.05, 4.69) is 0 Å². The Bertz CT molecular complexity index is 307. The first-order valence-electron chi connectivity index (χ1n) is 7.03. The maximum atomic E-state index is 11.2. The minimum absolute atomic E-state index is 0.304. The monoisotopic (exact) mass is 254 g/mol. The highest BCUT2D eigenvalue weighted by Gasteiger charge is 2.49. The zero-order valence-electron chi connectivity index (χ0n) is 10.7. The third kappa shape index (κ3) is 2.38. The number of carboxylic acids is 2. The van der Waals surface area contributed by atoms with Crippen molar-refractivity contribution in [2.24, 2.45) is 17.3 Å². The molecule has 2 N–H and O–H groups in total. The molecule has 2 fully saturated rings. The van der Waals surface area contributed by atoms with Crippen LogP contribution in [0.1, 0.15) is 57.8 Å². The Morgan fingerprint density at radius 2 is 1.22 bits per heavy atom. The first kappa shape index (κ1) is 13.4. The highest BCUT2D eigenvalue weighted by atomic mass is 16.4. The Morgan fingerprint density at radius 3 is 1.67 bits per heavy atom. The summed E-state index contributed by atoms with van der Waals surface area (Å²) in [4.78, 5) is 22.4. The van der Waals surface area contributed by atoms with E-state index in [9.17, 15) is 19.8 Å². The van der Waals surface area contributed by atoms with Crippen molar-refractivity contribution >= 4 is 11.9 Å². The maximum absolute atomic E-state index is 11.2. The van der Waals surface area contributed by atoms with Gasteiger partial charge >= 0.3 is 11.9 Å². The lowest BCUT2D eigenvalue weighted by Gasteiger charge is -2.38. The molecule has 0 unspecified atom stereocenters. The smallest absolute Gasteiger partial charge is 0.321 e. The first-order chi connectivity index (χ1) is 8.56. The van der Waals surface area contributed by atoms with Gasteiger partial charge in [-0.2, -0.15) is 0 Å². The second-order valence-electron chi connectivity index (χ2n) is 5.93. The molecule has 2 saturated carbocycles. The number of carbonyl (C=O) groups is 2. The van der Waals surface area contributed by atoms with E-state index in [-0.39, 0.29) is 0 Å². The summed E-state index contributed by atoms with van der Waals surface area (Å²) in [6, 6.07) is 0. The summed E-state index contributed by atoms with van der Waals surface area (Å²) in [5.74, 6) is -1.05. The molecule has 2 rings (SSSR count). The summed E-state index contributed by atoms with van der Waals surface area (Å²) in [6.45, 7) is 0. The minimum Gasteiger partial charge on any atom is -0.480 e. The third-order valence-electron chi connectivity index (χ3n) is 5.02. The van der Waals surface area contributed by atoms with Crippen LogP contribution in [0.15, 0.2) is 0 Å². The van der Waals surface area contributed by atoms with Gasteiger partial charge in [0.2, 0.25) is 0 Å². The van der Waals surface area contributed by atoms with Gasteiger partial charge in [0, 0.05) is 0 Å². The zero-order valence-corrected chi connectivity index (χ0v) is 10.7. The van der Waals surface area contributed by atoms with Gasteiger partial charge in [0.1, 0.15) is 0 Å². The molecule has 18 heavy (non-hydrogen) atoms. The summed E-state index contributed by atoms with van der Waals surface area (Å²) in [6.07, 6.45) is 8.52. The number of hydrogen-bond donors (Lipinski definition) is 2. The lowest BCUT2D eigenvalue weighted by atomic mass is 9.65. The van der Waals surface area contributed by atoms with Gasteiger partial charge in [0.15, 0.2) is 5.41 Å². The van der Waals surface area contributed by atoms with E-state index in [0.29, 0.717) is 24.7 Å². The van der Waals surface area contributed by atoms with Crippen molar-refractivity contribution in [3.05, 3.63) is 0 Å². The van der Waals surface area contributed by atoms with Gasteiger partial charge in [-0.05, 0) is 37.5 Å². The minimum atomic E-state index is -1.51. The van der Waals surface area contributed by atoms with E-state index in [0.717, 1.165) is 12.8 Å². The molecule has 4 heteroatoms. The molecule has 0 aliphatic heterocycles. The van der Waals surface area contributed by atoms with E-state index in [4.69, 9.17) is 0 Å². The van der Waals surface area contributed by atoms with Crippen LogP contribution >= 0.6 is 0 Å². The number of aliphatic carboxylic acids is 2. The topological polar surface area (TPSA) is 74.6 Å². The molecule has 0 saturated heterocycles. The average molecular weight is 254 g/mol. The summed E-state index contributed by atoms with van der Waals surface area (Å²) in [5, 5.41) is 18.3. The Hall–Kier alpha value is -1.06. The lowest BCUT2D eigenvalue weighted by molar-refractivity contribution is -0.168. The van der Waals surface area contributed by atoms with Crippen LogP contribution in [0.25, 0.3) is 0 Å². The molecule has 0 radical (unpaired) electrons. The SMILES string of the molecule is O=C(O)C1(C(=O)O)CCC(C2CCCCC2)CC1. The fraction of sp³-hybridized carbons (Fsp3) is 0.857. The highest BCUT2D eigenvalue weighted by molar-refractivity contribution is 5.98. The van der Waals surface area contributed by atoms with Crippen LogP contribution in [-0.2, 0) is 9.59 Å². The van der Waals surface area contributed by atoms with Crippen molar-refractivity contribution in [2.45, 2.75) is 57.8 Å². The quantitative estimate of drug-likeness (QED) is 0.759. The number of rotatable bonds is 3. The predicted molar refractivity (Wildman–Crippen MR) is 66.2 cm³/mol. The van der Waals surface area contributed by atoms with Crippen molar-refractivity contribution in [1.29, 1.82) is 0 Å². The van der Waals surface area contributed by atoms with E-state index in [1.54, 1.807) is 0 Å². The fourth-order valence-electron chi connectivity index (χ4n) is 3.73. The first-order valence-corrected chi connectivity index (χ1v) is 7.03. The van der Waals surface area contributed by atoms with Gasteiger partial charge < -0.3 is 10.2 Å². The molecule has 0 spiro atoms. The summed E-state index contributed by atoms with van der Waals surface area (Å²) < 4.78 is 0. The van der Waals surface area contributed by atoms with Gasteiger partial charge in [0.25, 0.3) is 0 Å². The molecular weight excluding hydrogens is 232 g/mol. The highest BCUT2D eigenvalue weighted by Crippen LogP contribution is 2.45. The molecule has 102 valence electrons. The Kier molecular flexibility index (Phi) is 3.93. The number of hydrogen-bond acceptors (Lipinski definition) is 2. The van der Waals surface area contributed by atoms with Crippen LogP contribution in [-0.4, -0.2) is 22.2 Å². The van der Waals surface area contributed by atoms with Crippen molar-refractivity contribution in [3.8, 4) is 0 Å². The molecule has 2 aliphatic rings. The Morgan fingerprint density at radius 1 is 0.778 bits per heavy atom. The van der Waals surface area contributed by atoms with Crippen LogP contribution in [0.5, 0.6) is 0 Å². The maximum Gasteiger partial charge on any atom is 0.321 e. The van der Waals surface area contributed by atoms with E-state index in [1.165, 1.54) is 32.1 Å². The Balaban J connectivity index is 1.97. The van der Waals surface area contributed by atoms with E-state index >= 15 is 0 Å². The summed E-state index contributed by atoms with van der Waals surface area (Å²) in [7, 11) is 0. The van der Waals surface area contributed by atoms with Crippen molar-refractivity contribution in [1.82, 2.24) is 0 Å². The molecule has 4 nitrogen and oxygen atoms in total. The molecular formula is C14H22O4. The van der Waals surface area contributed by atoms with Gasteiger partial charge in [0.05, 0.1) is 0 Å².